The van der Waals surface area contributed by atoms with E-state index in [9.17, 15) is 14.4 Å². The van der Waals surface area contributed by atoms with Crippen molar-refractivity contribution in [2.45, 2.75) is 32.7 Å². The van der Waals surface area contributed by atoms with E-state index in [0.717, 1.165) is 12.8 Å². The number of hydrogen-bond donors (Lipinski definition) is 1. The van der Waals surface area contributed by atoms with Crippen molar-refractivity contribution in [1.82, 2.24) is 10.3 Å². The van der Waals surface area contributed by atoms with Crippen LogP contribution in [0, 0.1) is 5.92 Å². The van der Waals surface area contributed by atoms with Crippen molar-refractivity contribution in [1.29, 1.82) is 0 Å². The van der Waals surface area contributed by atoms with Gasteiger partial charge < -0.3 is 4.74 Å². The second-order valence-electron chi connectivity index (χ2n) is 4.48. The molecule has 0 aromatic rings. The van der Waals surface area contributed by atoms with E-state index in [2.05, 4.69) is 10.5 Å². The monoisotopic (exact) mass is 267 g/mol. The van der Waals surface area contributed by atoms with Crippen molar-refractivity contribution in [3.8, 4) is 0 Å². The van der Waals surface area contributed by atoms with Crippen LogP contribution in [0.1, 0.15) is 26.7 Å². The number of esters is 1. The lowest BCUT2D eigenvalue weighted by molar-refractivity contribution is -0.140. The van der Waals surface area contributed by atoms with Gasteiger partial charge in [0, 0.05) is 6.54 Å². The summed E-state index contributed by atoms with van der Waals surface area (Å²) in [4.78, 5) is 37.1. The highest BCUT2D eigenvalue weighted by atomic mass is 16.5. The molecule has 7 heteroatoms. The Balaban J connectivity index is 2.14. The molecule has 1 N–H and O–H groups in total. The van der Waals surface area contributed by atoms with Gasteiger partial charge >= 0.3 is 5.97 Å². The van der Waals surface area contributed by atoms with Gasteiger partial charge in [0.1, 0.15) is 12.0 Å². The first kappa shape index (κ1) is 13.5. The lowest BCUT2D eigenvalue weighted by Gasteiger charge is -2.14. The number of likely N-dealkylation sites (tertiary alicyclic amines) is 1. The van der Waals surface area contributed by atoms with Gasteiger partial charge in [-0.05, 0) is 13.3 Å². The van der Waals surface area contributed by atoms with Crippen molar-refractivity contribution in [3.05, 3.63) is 0 Å². The van der Waals surface area contributed by atoms with Crippen LogP contribution < -0.4 is 5.43 Å². The third kappa shape index (κ3) is 2.20. The summed E-state index contributed by atoms with van der Waals surface area (Å²) in [6, 6.07) is -0.747. The summed E-state index contributed by atoms with van der Waals surface area (Å²) >= 11 is 0. The average molecular weight is 267 g/mol. The molecule has 0 unspecified atom stereocenters. The molecule has 0 aromatic carbocycles. The number of fused-ring (bicyclic) bond motifs is 1. The van der Waals surface area contributed by atoms with E-state index < -0.39 is 17.9 Å². The van der Waals surface area contributed by atoms with Gasteiger partial charge in [-0.1, -0.05) is 13.3 Å². The maximum Gasteiger partial charge on any atom is 0.355 e. The molecule has 2 aliphatic rings. The van der Waals surface area contributed by atoms with Crippen LogP contribution in [-0.2, 0) is 19.1 Å². The molecule has 0 bridgehead atoms. The molecule has 0 spiro atoms. The Morgan fingerprint density at radius 3 is 2.74 bits per heavy atom. The van der Waals surface area contributed by atoms with Crippen molar-refractivity contribution in [2.24, 2.45) is 11.0 Å². The van der Waals surface area contributed by atoms with Crippen LogP contribution in [0.15, 0.2) is 5.10 Å². The maximum absolute atomic E-state index is 12.2. The summed E-state index contributed by atoms with van der Waals surface area (Å²) in [5.41, 5.74) is 2.57. The van der Waals surface area contributed by atoms with E-state index in [4.69, 9.17) is 4.74 Å². The van der Waals surface area contributed by atoms with Gasteiger partial charge in [-0.3, -0.25) is 19.9 Å². The average Bonchev–Trinajstić information content (AvgIpc) is 2.91. The molecule has 19 heavy (non-hydrogen) atoms. The SMILES string of the molecule is CCCCN1C(=O)[C@@H]2C(C(=O)OCC)=NN[C@@H]2C1=O. The minimum atomic E-state index is -0.830. The molecular weight excluding hydrogens is 250 g/mol. The van der Waals surface area contributed by atoms with Crippen LogP contribution in [0.25, 0.3) is 0 Å². The summed E-state index contributed by atoms with van der Waals surface area (Å²) in [6.07, 6.45) is 1.64. The van der Waals surface area contributed by atoms with Crippen molar-refractivity contribution >= 4 is 23.5 Å². The zero-order chi connectivity index (χ0) is 14.0. The van der Waals surface area contributed by atoms with Gasteiger partial charge in [-0.25, -0.2) is 4.79 Å². The molecule has 0 saturated carbocycles. The van der Waals surface area contributed by atoms with E-state index in [1.54, 1.807) is 6.92 Å². The Labute approximate surface area is 111 Å². The van der Waals surface area contributed by atoms with Gasteiger partial charge in [0.2, 0.25) is 5.91 Å². The summed E-state index contributed by atoms with van der Waals surface area (Å²) in [7, 11) is 0. The molecule has 2 aliphatic heterocycles. The molecule has 2 heterocycles. The van der Waals surface area contributed by atoms with Crippen LogP contribution in [0.4, 0.5) is 0 Å². The molecule has 0 aliphatic carbocycles. The molecule has 0 aromatic heterocycles. The lowest BCUT2D eigenvalue weighted by Crippen LogP contribution is -2.36. The van der Waals surface area contributed by atoms with Crippen molar-refractivity contribution in [2.75, 3.05) is 13.2 Å². The van der Waals surface area contributed by atoms with E-state index in [-0.39, 0.29) is 24.1 Å². The van der Waals surface area contributed by atoms with E-state index in [0.29, 0.717) is 6.54 Å². The Kier molecular flexibility index (Phi) is 3.82. The largest absolute Gasteiger partial charge is 0.461 e. The fourth-order valence-corrected chi connectivity index (χ4v) is 2.26. The Morgan fingerprint density at radius 1 is 1.37 bits per heavy atom. The first-order valence-electron chi connectivity index (χ1n) is 6.47. The van der Waals surface area contributed by atoms with Gasteiger partial charge in [0.15, 0.2) is 5.71 Å². The summed E-state index contributed by atoms with van der Waals surface area (Å²) in [5, 5.41) is 3.78. The van der Waals surface area contributed by atoms with Crippen molar-refractivity contribution in [3.63, 3.8) is 0 Å². The molecule has 1 fully saturated rings. The molecule has 2 atom stereocenters. The highest BCUT2D eigenvalue weighted by Crippen LogP contribution is 2.26. The molecule has 104 valence electrons. The van der Waals surface area contributed by atoms with E-state index in [1.165, 1.54) is 4.90 Å². The number of nitrogens with one attached hydrogen (secondary N) is 1. The number of carbonyl (C=O) groups excluding carboxylic acids is 3. The number of hydrogen-bond acceptors (Lipinski definition) is 6. The smallest absolute Gasteiger partial charge is 0.355 e. The van der Waals surface area contributed by atoms with Gasteiger partial charge in [-0.15, -0.1) is 0 Å². The highest BCUT2D eigenvalue weighted by Gasteiger charge is 2.54. The normalized spacial score (nSPS) is 25.2. The van der Waals surface area contributed by atoms with Gasteiger partial charge in [-0.2, -0.15) is 5.10 Å². The number of carbonyl (C=O) groups is 3. The lowest BCUT2D eigenvalue weighted by atomic mass is 9.99. The molecule has 0 radical (unpaired) electrons. The van der Waals surface area contributed by atoms with Crippen LogP contribution in [0.3, 0.4) is 0 Å². The molecule has 2 rings (SSSR count). The molecule has 1 saturated heterocycles. The Bertz CT molecular complexity index is 446. The predicted octanol–water partition coefficient (Wildman–Crippen LogP) is -0.338. The second kappa shape index (κ2) is 5.38. The van der Waals surface area contributed by atoms with Gasteiger partial charge in [0.25, 0.3) is 5.91 Å². The van der Waals surface area contributed by atoms with Crippen LogP contribution >= 0.6 is 0 Å². The second-order valence-corrected chi connectivity index (χ2v) is 4.48. The maximum atomic E-state index is 12.2. The van der Waals surface area contributed by atoms with E-state index in [1.807, 2.05) is 6.92 Å². The fraction of sp³-hybridized carbons (Fsp3) is 0.667. The third-order valence-corrected chi connectivity index (χ3v) is 3.24. The number of nitrogens with zero attached hydrogens (tertiary/aromatic N) is 2. The van der Waals surface area contributed by atoms with Crippen LogP contribution in [0.5, 0.6) is 0 Å². The predicted molar refractivity (Wildman–Crippen MR) is 66.1 cm³/mol. The molecule has 7 nitrogen and oxygen atoms in total. The Hall–Kier alpha value is -1.92. The summed E-state index contributed by atoms with van der Waals surface area (Å²) < 4.78 is 4.84. The summed E-state index contributed by atoms with van der Waals surface area (Å²) in [6.45, 7) is 4.25. The number of amides is 2. The molecule has 2 amide bonds. The summed E-state index contributed by atoms with van der Waals surface area (Å²) in [5.74, 6) is -2.14. The number of unbranched alkanes of at least 4 members (excludes halogenated alkanes) is 1. The fourth-order valence-electron chi connectivity index (χ4n) is 2.26. The number of ether oxygens (including phenoxy) is 1. The number of rotatable bonds is 5. The zero-order valence-electron chi connectivity index (χ0n) is 11.0. The van der Waals surface area contributed by atoms with Gasteiger partial charge in [0.05, 0.1) is 6.61 Å². The first-order chi connectivity index (χ1) is 9.11. The molecular formula is C12H17N3O4. The van der Waals surface area contributed by atoms with Crippen LogP contribution in [-0.4, -0.2) is 47.6 Å². The quantitative estimate of drug-likeness (QED) is 0.544. The highest BCUT2D eigenvalue weighted by molar-refractivity contribution is 6.43. The van der Waals surface area contributed by atoms with Crippen molar-refractivity contribution < 1.29 is 19.1 Å². The topological polar surface area (TPSA) is 88.1 Å². The standard InChI is InChI=1S/C12H17N3O4/c1-3-5-6-15-10(16)7-8(11(15)17)13-14-9(7)12(18)19-4-2/h7-8,13H,3-6H2,1-2H3/t7-,8-/m0/s1. The first-order valence-corrected chi connectivity index (χ1v) is 6.47. The number of imide groups is 1. The zero-order valence-corrected chi connectivity index (χ0v) is 11.0. The minimum absolute atomic E-state index is 0.00389. The third-order valence-electron chi connectivity index (χ3n) is 3.24. The number of hydrazone groups is 1. The van der Waals surface area contributed by atoms with Crippen LogP contribution in [0.2, 0.25) is 0 Å². The van der Waals surface area contributed by atoms with E-state index >= 15 is 0 Å². The Morgan fingerprint density at radius 2 is 2.11 bits per heavy atom. The minimum Gasteiger partial charge on any atom is -0.461 e.